The number of amides is 3. The molecule has 3 amide bonds. The van der Waals surface area contributed by atoms with Crippen LogP contribution >= 0.6 is 12.6 Å². The fraction of sp³-hybridized carbons (Fsp3) is 0.625. The van der Waals surface area contributed by atoms with E-state index in [4.69, 9.17) is 4.74 Å². The van der Waals surface area contributed by atoms with Crippen LogP contribution in [0.3, 0.4) is 0 Å². The van der Waals surface area contributed by atoms with Gasteiger partial charge in [0.2, 0.25) is 11.8 Å². The molecule has 1 aromatic carbocycles. The van der Waals surface area contributed by atoms with Crippen LogP contribution in [0.2, 0.25) is 0 Å². The Morgan fingerprint density at radius 2 is 1.82 bits per heavy atom. The summed E-state index contributed by atoms with van der Waals surface area (Å²) < 4.78 is 5.29. The van der Waals surface area contributed by atoms with Crippen molar-refractivity contribution in [2.75, 3.05) is 12.3 Å². The number of carbonyl (C=O) groups is 3. The van der Waals surface area contributed by atoms with Gasteiger partial charge in [-0.1, -0.05) is 19.4 Å². The van der Waals surface area contributed by atoms with Gasteiger partial charge in [0.15, 0.2) is 0 Å². The highest BCUT2D eigenvalue weighted by Crippen LogP contribution is 2.27. The summed E-state index contributed by atoms with van der Waals surface area (Å²) in [5.41, 5.74) is 0.442. The van der Waals surface area contributed by atoms with Crippen LogP contribution in [0.25, 0.3) is 0 Å². The van der Waals surface area contributed by atoms with Gasteiger partial charge in [0.1, 0.15) is 23.4 Å². The molecule has 0 aromatic heterocycles. The summed E-state index contributed by atoms with van der Waals surface area (Å²) in [5.74, 6) is -0.630. The molecule has 0 heterocycles. The van der Waals surface area contributed by atoms with Crippen LogP contribution in [0.5, 0.6) is 5.75 Å². The molecule has 0 aliphatic heterocycles. The van der Waals surface area contributed by atoms with E-state index in [-0.39, 0.29) is 23.5 Å². The van der Waals surface area contributed by atoms with Gasteiger partial charge in [-0.05, 0) is 71.2 Å². The van der Waals surface area contributed by atoms with E-state index in [0.29, 0.717) is 24.1 Å². The fourth-order valence-corrected chi connectivity index (χ4v) is 3.46. The second kappa shape index (κ2) is 12.7. The average molecular weight is 482 g/mol. The first-order valence-electron chi connectivity index (χ1n) is 11.3. The van der Waals surface area contributed by atoms with Gasteiger partial charge in [0.25, 0.3) is 0 Å². The first kappa shape index (κ1) is 28.6. The normalized spacial score (nSPS) is 13.2. The summed E-state index contributed by atoms with van der Waals surface area (Å²) in [6.45, 7) is 12.9. The molecule has 3 N–H and O–H groups in total. The molecule has 33 heavy (non-hydrogen) atoms. The highest BCUT2D eigenvalue weighted by molar-refractivity contribution is 7.80. The van der Waals surface area contributed by atoms with E-state index in [9.17, 15) is 19.5 Å². The molecule has 8 nitrogen and oxygen atoms in total. The Labute approximate surface area is 202 Å². The smallest absolute Gasteiger partial charge is 0.408 e. The topological polar surface area (TPSA) is 108 Å². The Morgan fingerprint density at radius 1 is 1.18 bits per heavy atom. The van der Waals surface area contributed by atoms with Gasteiger partial charge in [-0.25, -0.2) is 4.79 Å². The molecule has 0 fully saturated rings. The molecule has 0 saturated carbocycles. The van der Waals surface area contributed by atoms with Crippen LogP contribution in [0.1, 0.15) is 71.6 Å². The van der Waals surface area contributed by atoms with Crippen molar-refractivity contribution in [3.05, 3.63) is 29.3 Å². The minimum atomic E-state index is -0.979. The summed E-state index contributed by atoms with van der Waals surface area (Å²) in [4.78, 5) is 40.7. The van der Waals surface area contributed by atoms with Crippen molar-refractivity contribution in [2.24, 2.45) is 0 Å². The number of phenols is 1. The van der Waals surface area contributed by atoms with Crippen LogP contribution in [-0.2, 0) is 14.3 Å². The van der Waals surface area contributed by atoms with Gasteiger partial charge in [0.05, 0.1) is 0 Å². The van der Waals surface area contributed by atoms with Gasteiger partial charge in [-0.3, -0.25) is 9.59 Å². The second-order valence-corrected chi connectivity index (χ2v) is 9.74. The summed E-state index contributed by atoms with van der Waals surface area (Å²) >= 11 is 4.27. The molecule has 9 heteroatoms. The SMILES string of the molecule is CCCCN(C(=O)C(CS)NC(=O)OC(C)(C)C)C(C(=O)NC(C)C)c1ccc(O)c(C)c1. The van der Waals surface area contributed by atoms with Crippen LogP contribution in [0.4, 0.5) is 4.79 Å². The Bertz CT molecular complexity index is 823. The third-order valence-corrected chi connectivity index (χ3v) is 5.10. The largest absolute Gasteiger partial charge is 0.508 e. The van der Waals surface area contributed by atoms with Crippen molar-refractivity contribution in [3.8, 4) is 5.75 Å². The molecule has 0 saturated heterocycles. The number of aromatic hydroxyl groups is 1. The van der Waals surface area contributed by atoms with Crippen molar-refractivity contribution in [1.29, 1.82) is 0 Å². The monoisotopic (exact) mass is 481 g/mol. The zero-order valence-electron chi connectivity index (χ0n) is 20.8. The number of nitrogens with zero attached hydrogens (tertiary/aromatic N) is 1. The van der Waals surface area contributed by atoms with Crippen molar-refractivity contribution < 1.29 is 24.2 Å². The van der Waals surface area contributed by atoms with Crippen LogP contribution in [0.15, 0.2) is 18.2 Å². The van der Waals surface area contributed by atoms with Gasteiger partial charge in [-0.2, -0.15) is 12.6 Å². The molecular weight excluding hydrogens is 442 g/mol. The fourth-order valence-electron chi connectivity index (χ4n) is 3.22. The molecule has 1 rings (SSSR count). The highest BCUT2D eigenvalue weighted by Gasteiger charge is 2.36. The van der Waals surface area contributed by atoms with Crippen LogP contribution in [0, 0.1) is 6.92 Å². The van der Waals surface area contributed by atoms with E-state index in [0.717, 1.165) is 6.42 Å². The average Bonchev–Trinajstić information content (AvgIpc) is 2.69. The van der Waals surface area contributed by atoms with Crippen molar-refractivity contribution >= 4 is 30.5 Å². The van der Waals surface area contributed by atoms with E-state index in [2.05, 4.69) is 23.3 Å². The second-order valence-electron chi connectivity index (χ2n) is 9.38. The Balaban J connectivity index is 3.39. The maximum Gasteiger partial charge on any atom is 0.408 e. The molecular formula is C24H39N3O5S. The van der Waals surface area contributed by atoms with Crippen molar-refractivity contribution in [2.45, 2.75) is 85.0 Å². The lowest BCUT2D eigenvalue weighted by Gasteiger charge is -2.34. The standard InChI is InChI=1S/C24H39N3O5S/c1-8-9-12-27(22(30)18(14-33)26-23(31)32-24(5,6)7)20(21(29)25-15(2)3)17-10-11-19(28)16(4)13-17/h10-11,13,15,18,20,28,33H,8-9,12,14H2,1-7H3,(H,25,29)(H,26,31). The van der Waals surface area contributed by atoms with E-state index in [1.54, 1.807) is 39.8 Å². The molecule has 0 bridgehead atoms. The molecule has 0 spiro atoms. The number of aryl methyl sites for hydroxylation is 1. The van der Waals surface area contributed by atoms with Crippen LogP contribution in [-0.4, -0.2) is 57.9 Å². The van der Waals surface area contributed by atoms with E-state index in [1.165, 1.54) is 11.0 Å². The third kappa shape index (κ3) is 9.15. The number of rotatable bonds is 10. The molecule has 0 radical (unpaired) electrons. The summed E-state index contributed by atoms with van der Waals surface area (Å²) in [6.07, 6.45) is 0.746. The van der Waals surface area contributed by atoms with Gasteiger partial charge in [-0.15, -0.1) is 0 Å². The number of alkyl carbamates (subject to hydrolysis) is 1. The molecule has 0 aliphatic rings. The first-order chi connectivity index (χ1) is 15.3. The van der Waals surface area contributed by atoms with E-state index >= 15 is 0 Å². The number of unbranched alkanes of at least 4 members (excludes halogenated alkanes) is 1. The Hall–Kier alpha value is -2.42. The summed E-state index contributed by atoms with van der Waals surface area (Å²) in [7, 11) is 0. The quantitative estimate of drug-likeness (QED) is 0.381. The van der Waals surface area contributed by atoms with Gasteiger partial charge in [0, 0.05) is 18.3 Å². The van der Waals surface area contributed by atoms with Gasteiger partial charge < -0.3 is 25.4 Å². The lowest BCUT2D eigenvalue weighted by atomic mass is 9.99. The zero-order chi connectivity index (χ0) is 25.3. The number of nitrogens with one attached hydrogen (secondary N) is 2. The third-order valence-electron chi connectivity index (χ3n) is 4.73. The number of phenolic OH excluding ortho intramolecular Hbond substituents is 1. The van der Waals surface area contributed by atoms with Crippen molar-refractivity contribution in [3.63, 3.8) is 0 Å². The van der Waals surface area contributed by atoms with E-state index < -0.39 is 29.7 Å². The minimum absolute atomic E-state index is 0.0355. The Kier molecular flexibility index (Phi) is 11.0. The molecule has 0 aliphatic carbocycles. The van der Waals surface area contributed by atoms with Crippen LogP contribution < -0.4 is 10.6 Å². The number of hydrogen-bond donors (Lipinski definition) is 4. The minimum Gasteiger partial charge on any atom is -0.508 e. The Morgan fingerprint density at radius 3 is 2.30 bits per heavy atom. The summed E-state index contributed by atoms with van der Waals surface area (Å²) in [5, 5.41) is 15.4. The maximum absolute atomic E-state index is 13.6. The number of benzene rings is 1. The lowest BCUT2D eigenvalue weighted by molar-refractivity contribution is -0.142. The highest BCUT2D eigenvalue weighted by atomic mass is 32.1. The molecule has 1 aromatic rings. The van der Waals surface area contributed by atoms with E-state index in [1.807, 2.05) is 20.8 Å². The number of thiol groups is 1. The van der Waals surface area contributed by atoms with Gasteiger partial charge >= 0.3 is 6.09 Å². The zero-order valence-corrected chi connectivity index (χ0v) is 21.7. The number of carbonyl (C=O) groups excluding carboxylic acids is 3. The predicted molar refractivity (Wildman–Crippen MR) is 132 cm³/mol. The molecule has 2 unspecified atom stereocenters. The lowest BCUT2D eigenvalue weighted by Crippen LogP contribution is -2.54. The number of ether oxygens (including phenoxy) is 1. The molecule has 186 valence electrons. The summed E-state index contributed by atoms with van der Waals surface area (Å²) in [6, 6.07) is 2.79. The predicted octanol–water partition coefficient (Wildman–Crippen LogP) is 3.72. The molecule has 2 atom stereocenters. The van der Waals surface area contributed by atoms with Crippen molar-refractivity contribution in [1.82, 2.24) is 15.5 Å². The number of hydrogen-bond acceptors (Lipinski definition) is 6. The first-order valence-corrected chi connectivity index (χ1v) is 11.9. The maximum atomic E-state index is 13.6.